The average molecular weight is 583 g/mol. The van der Waals surface area contributed by atoms with E-state index in [0.717, 1.165) is 85.3 Å². The van der Waals surface area contributed by atoms with Gasteiger partial charge in [-0.25, -0.2) is 14.6 Å². The highest BCUT2D eigenvalue weighted by molar-refractivity contribution is 5.98. The Morgan fingerprint density at radius 3 is 2.28 bits per heavy atom. The Hall–Kier alpha value is -3.86. The van der Waals surface area contributed by atoms with Crippen LogP contribution in [0.5, 0.6) is 0 Å². The van der Waals surface area contributed by atoms with Gasteiger partial charge in [0.1, 0.15) is 17.8 Å². The summed E-state index contributed by atoms with van der Waals surface area (Å²) < 4.78 is 2.08. The Bertz CT molecular complexity index is 1520. The number of rotatable bonds is 8. The van der Waals surface area contributed by atoms with Crippen LogP contribution in [-0.2, 0) is 4.79 Å². The number of likely N-dealkylation sites (N-methyl/N-ethyl adjacent to an activating group) is 1. The summed E-state index contributed by atoms with van der Waals surface area (Å²) in [6.07, 6.45) is 5.28. The summed E-state index contributed by atoms with van der Waals surface area (Å²) in [6, 6.07) is 18.5. The van der Waals surface area contributed by atoms with E-state index in [-0.39, 0.29) is 24.4 Å². The molecule has 2 aromatic carbocycles. The molecule has 4 aromatic rings. The SMILES string of the molecule is CC(O)CC(=O)NC(c1ccccc1)c1ccc(-c2nn(C3CCC(N4CCN(C)CC4)CC3)c3ncnc(N)c23)cc1. The molecule has 2 aromatic heterocycles. The number of aliphatic hydroxyl groups excluding tert-OH is 1. The molecule has 1 saturated carbocycles. The van der Waals surface area contributed by atoms with E-state index in [1.165, 1.54) is 6.33 Å². The molecule has 2 aliphatic rings. The van der Waals surface area contributed by atoms with Crippen molar-refractivity contribution in [2.75, 3.05) is 39.0 Å². The van der Waals surface area contributed by atoms with Crippen molar-refractivity contribution in [3.8, 4) is 11.3 Å². The van der Waals surface area contributed by atoms with Gasteiger partial charge in [-0.15, -0.1) is 0 Å². The van der Waals surface area contributed by atoms with E-state index < -0.39 is 6.10 Å². The third-order valence-corrected chi connectivity index (χ3v) is 9.02. The van der Waals surface area contributed by atoms with Crippen molar-refractivity contribution in [1.29, 1.82) is 0 Å². The van der Waals surface area contributed by atoms with Gasteiger partial charge in [0.25, 0.3) is 0 Å². The number of anilines is 1. The Balaban J connectivity index is 1.26. The highest BCUT2D eigenvalue weighted by Crippen LogP contribution is 2.37. The minimum atomic E-state index is -0.711. The van der Waals surface area contributed by atoms with E-state index in [0.29, 0.717) is 11.9 Å². The van der Waals surface area contributed by atoms with Gasteiger partial charge in [0.05, 0.1) is 30.0 Å². The Kier molecular flexibility index (Phi) is 8.69. The number of nitrogens with two attached hydrogens (primary N) is 1. The molecule has 43 heavy (non-hydrogen) atoms. The fourth-order valence-corrected chi connectivity index (χ4v) is 6.63. The summed E-state index contributed by atoms with van der Waals surface area (Å²) in [7, 11) is 2.20. The Labute approximate surface area is 252 Å². The number of fused-ring (bicyclic) bond motifs is 1. The van der Waals surface area contributed by atoms with Crippen LogP contribution in [0.1, 0.15) is 62.2 Å². The number of carbonyl (C=O) groups is 1. The number of amides is 1. The van der Waals surface area contributed by atoms with Crippen molar-refractivity contribution >= 4 is 22.8 Å². The van der Waals surface area contributed by atoms with Gasteiger partial charge in [-0.1, -0.05) is 54.6 Å². The first-order valence-corrected chi connectivity index (χ1v) is 15.4. The molecule has 0 bridgehead atoms. The zero-order chi connectivity index (χ0) is 29.9. The van der Waals surface area contributed by atoms with Crippen molar-refractivity contribution in [3.63, 3.8) is 0 Å². The number of nitrogens with zero attached hydrogens (tertiary/aromatic N) is 6. The van der Waals surface area contributed by atoms with Gasteiger partial charge in [0.2, 0.25) is 5.91 Å². The summed E-state index contributed by atoms with van der Waals surface area (Å²) in [5, 5.41) is 18.7. The molecule has 2 unspecified atom stereocenters. The molecule has 10 heteroatoms. The molecular formula is C33H42N8O2. The van der Waals surface area contributed by atoms with Crippen molar-refractivity contribution in [3.05, 3.63) is 72.1 Å². The van der Waals surface area contributed by atoms with Crippen LogP contribution in [0, 0.1) is 0 Å². The highest BCUT2D eigenvalue weighted by atomic mass is 16.3. The molecule has 1 saturated heterocycles. The number of piperazine rings is 1. The van der Waals surface area contributed by atoms with Crippen LogP contribution in [0.25, 0.3) is 22.3 Å². The molecule has 10 nitrogen and oxygen atoms in total. The minimum absolute atomic E-state index is 0.0431. The van der Waals surface area contributed by atoms with Crippen molar-refractivity contribution < 1.29 is 9.90 Å². The summed E-state index contributed by atoms with van der Waals surface area (Å²) in [6.45, 7) is 6.19. The van der Waals surface area contributed by atoms with Gasteiger partial charge in [-0.2, -0.15) is 5.10 Å². The van der Waals surface area contributed by atoms with E-state index >= 15 is 0 Å². The van der Waals surface area contributed by atoms with Crippen LogP contribution in [-0.4, -0.2) is 85.9 Å². The topological polar surface area (TPSA) is 125 Å². The molecule has 4 N–H and O–H groups in total. The quantitative estimate of drug-likeness (QED) is 0.287. The molecule has 1 aliphatic carbocycles. The lowest BCUT2D eigenvalue weighted by molar-refractivity contribution is -0.123. The maximum atomic E-state index is 12.6. The standard InChI is InChI=1S/C33H42N8O2/c1-22(42)20-28(43)37-30(23-6-4-3-5-7-23)24-8-10-25(11-9-24)31-29-32(34)35-21-36-33(29)41(38-31)27-14-12-26(13-15-27)40-18-16-39(2)17-19-40/h3-11,21-22,26-27,30,42H,12-20H2,1-2H3,(H,37,43)(H2,34,35,36). The fraction of sp³-hybridized carbons (Fsp3) is 0.455. The normalized spacial score (nSPS) is 21.5. The second-order valence-electron chi connectivity index (χ2n) is 12.1. The lowest BCUT2D eigenvalue weighted by Gasteiger charge is -2.41. The first-order valence-electron chi connectivity index (χ1n) is 15.4. The molecular weight excluding hydrogens is 540 g/mol. The van der Waals surface area contributed by atoms with Gasteiger partial charge in [-0.3, -0.25) is 9.69 Å². The van der Waals surface area contributed by atoms with Gasteiger partial charge in [0, 0.05) is 37.8 Å². The summed E-state index contributed by atoms with van der Waals surface area (Å²) in [4.78, 5) is 26.7. The lowest BCUT2D eigenvalue weighted by atomic mass is 9.90. The second kappa shape index (κ2) is 12.8. The van der Waals surface area contributed by atoms with Crippen molar-refractivity contribution in [1.82, 2.24) is 34.9 Å². The van der Waals surface area contributed by atoms with E-state index in [1.807, 2.05) is 54.6 Å². The number of nitrogen functional groups attached to an aromatic ring is 1. The second-order valence-corrected chi connectivity index (χ2v) is 12.1. The number of aliphatic hydroxyl groups is 1. The number of nitrogens with one attached hydrogen (secondary N) is 1. The maximum absolute atomic E-state index is 12.6. The van der Waals surface area contributed by atoms with Gasteiger partial charge in [-0.05, 0) is 50.8 Å². The third-order valence-electron chi connectivity index (χ3n) is 9.02. The van der Waals surface area contributed by atoms with Gasteiger partial charge >= 0.3 is 0 Å². The van der Waals surface area contributed by atoms with E-state index in [2.05, 4.69) is 36.8 Å². The third kappa shape index (κ3) is 6.41. The molecule has 1 amide bonds. The molecule has 226 valence electrons. The van der Waals surface area contributed by atoms with Crippen LogP contribution in [0.4, 0.5) is 5.82 Å². The van der Waals surface area contributed by atoms with Crippen LogP contribution < -0.4 is 11.1 Å². The Morgan fingerprint density at radius 1 is 0.953 bits per heavy atom. The summed E-state index contributed by atoms with van der Waals surface area (Å²) >= 11 is 0. The number of benzene rings is 2. The average Bonchev–Trinajstić information content (AvgIpc) is 3.42. The maximum Gasteiger partial charge on any atom is 0.223 e. The lowest BCUT2D eigenvalue weighted by Crippen LogP contribution is -2.49. The molecule has 2 fully saturated rings. The zero-order valence-corrected chi connectivity index (χ0v) is 25.1. The van der Waals surface area contributed by atoms with Crippen LogP contribution in [0.15, 0.2) is 60.9 Å². The fourth-order valence-electron chi connectivity index (χ4n) is 6.63. The molecule has 0 radical (unpaired) electrons. The van der Waals surface area contributed by atoms with Gasteiger partial charge < -0.3 is 21.1 Å². The highest BCUT2D eigenvalue weighted by Gasteiger charge is 2.31. The predicted octanol–water partition coefficient (Wildman–Crippen LogP) is 3.78. The summed E-state index contributed by atoms with van der Waals surface area (Å²) in [5.41, 5.74) is 10.8. The largest absolute Gasteiger partial charge is 0.393 e. The molecule has 3 heterocycles. The predicted molar refractivity (Wildman–Crippen MR) is 168 cm³/mol. The van der Waals surface area contributed by atoms with Crippen molar-refractivity contribution in [2.45, 2.75) is 63.3 Å². The van der Waals surface area contributed by atoms with Crippen molar-refractivity contribution in [2.24, 2.45) is 0 Å². The first-order chi connectivity index (χ1) is 20.9. The van der Waals surface area contributed by atoms with Gasteiger partial charge in [0.15, 0.2) is 5.65 Å². The molecule has 2 atom stereocenters. The first kappa shape index (κ1) is 29.2. The van der Waals surface area contributed by atoms with Crippen LogP contribution in [0.3, 0.4) is 0 Å². The number of hydrogen-bond donors (Lipinski definition) is 3. The minimum Gasteiger partial charge on any atom is -0.393 e. The van der Waals surface area contributed by atoms with E-state index in [4.69, 9.17) is 10.8 Å². The Morgan fingerprint density at radius 2 is 1.60 bits per heavy atom. The smallest absolute Gasteiger partial charge is 0.223 e. The van der Waals surface area contributed by atoms with Crippen LogP contribution in [0.2, 0.25) is 0 Å². The van der Waals surface area contributed by atoms with Crippen LogP contribution >= 0.6 is 0 Å². The van der Waals surface area contributed by atoms with E-state index in [9.17, 15) is 9.90 Å². The molecule has 1 aliphatic heterocycles. The number of hydrogen-bond acceptors (Lipinski definition) is 8. The number of aromatic nitrogens is 4. The van der Waals surface area contributed by atoms with E-state index in [1.54, 1.807) is 6.92 Å². The monoisotopic (exact) mass is 582 g/mol. The molecule has 0 spiro atoms. The number of carbonyl (C=O) groups excluding carboxylic acids is 1. The summed E-state index contributed by atoms with van der Waals surface area (Å²) in [5.74, 6) is 0.221. The molecule has 6 rings (SSSR count). The zero-order valence-electron chi connectivity index (χ0n) is 25.1.